The van der Waals surface area contributed by atoms with Gasteiger partial charge in [-0.05, 0) is 32.8 Å². The molecular weight excluding hydrogens is 226 g/mol. The average Bonchev–Trinajstić information content (AvgIpc) is 2.85. The lowest BCUT2D eigenvalue weighted by Crippen LogP contribution is -2.40. The molecule has 0 saturated heterocycles. The Kier molecular flexibility index (Phi) is 2.41. The van der Waals surface area contributed by atoms with Crippen molar-refractivity contribution in [3.63, 3.8) is 0 Å². The maximum absolute atomic E-state index is 6.27. The first-order valence-corrected chi connectivity index (χ1v) is 6.48. The third-order valence-electron chi connectivity index (χ3n) is 4.23. The van der Waals surface area contributed by atoms with E-state index in [9.17, 15) is 0 Å². The van der Waals surface area contributed by atoms with Crippen LogP contribution in [0.3, 0.4) is 0 Å². The molecule has 5 heteroatoms. The van der Waals surface area contributed by atoms with Gasteiger partial charge >= 0.3 is 0 Å². The molecule has 0 radical (unpaired) electrons. The second-order valence-electron chi connectivity index (χ2n) is 5.61. The summed E-state index contributed by atoms with van der Waals surface area (Å²) in [4.78, 5) is 4.43. The standard InChI is InChI=1S/C13H19N5/c1-8-7-9(2)18-11(16-17-12(18)15-8)13(3)6-4-5-10(13)14/h7,10H,4-6,14H2,1-3H3. The zero-order valence-corrected chi connectivity index (χ0v) is 11.1. The molecule has 2 aromatic rings. The van der Waals surface area contributed by atoms with Gasteiger partial charge in [0.25, 0.3) is 5.78 Å². The van der Waals surface area contributed by atoms with Crippen LogP contribution < -0.4 is 5.73 Å². The second kappa shape index (κ2) is 3.75. The van der Waals surface area contributed by atoms with E-state index in [1.54, 1.807) is 0 Å². The van der Waals surface area contributed by atoms with E-state index in [1.165, 1.54) is 0 Å². The molecule has 0 aliphatic heterocycles. The van der Waals surface area contributed by atoms with E-state index in [-0.39, 0.29) is 11.5 Å². The predicted octanol–water partition coefficient (Wildman–Crippen LogP) is 1.51. The minimum absolute atomic E-state index is 0.0822. The summed E-state index contributed by atoms with van der Waals surface area (Å²) in [7, 11) is 0. The van der Waals surface area contributed by atoms with Gasteiger partial charge in [-0.3, -0.25) is 4.40 Å². The molecule has 0 aromatic carbocycles. The van der Waals surface area contributed by atoms with E-state index >= 15 is 0 Å². The maximum atomic E-state index is 6.27. The summed E-state index contributed by atoms with van der Waals surface area (Å²) < 4.78 is 2.05. The second-order valence-corrected chi connectivity index (χ2v) is 5.61. The van der Waals surface area contributed by atoms with Crippen molar-refractivity contribution in [2.75, 3.05) is 0 Å². The molecule has 1 fully saturated rings. The Morgan fingerprint density at radius 2 is 2.17 bits per heavy atom. The molecule has 2 unspecified atom stereocenters. The number of nitrogens with zero attached hydrogens (tertiary/aromatic N) is 4. The first-order valence-electron chi connectivity index (χ1n) is 6.48. The average molecular weight is 245 g/mol. The van der Waals surface area contributed by atoms with E-state index < -0.39 is 0 Å². The zero-order chi connectivity index (χ0) is 12.9. The number of rotatable bonds is 1. The smallest absolute Gasteiger partial charge is 0.255 e. The van der Waals surface area contributed by atoms with Crippen LogP contribution in [-0.2, 0) is 5.41 Å². The van der Waals surface area contributed by atoms with Gasteiger partial charge in [-0.15, -0.1) is 10.2 Å². The van der Waals surface area contributed by atoms with Crippen LogP contribution in [0, 0.1) is 13.8 Å². The van der Waals surface area contributed by atoms with Crippen LogP contribution in [0.2, 0.25) is 0 Å². The molecule has 0 bridgehead atoms. The monoisotopic (exact) mass is 245 g/mol. The Hall–Kier alpha value is -1.49. The molecule has 3 rings (SSSR count). The topological polar surface area (TPSA) is 69.1 Å². The van der Waals surface area contributed by atoms with Gasteiger partial charge in [0.2, 0.25) is 0 Å². The molecule has 1 aliphatic carbocycles. The maximum Gasteiger partial charge on any atom is 0.255 e. The van der Waals surface area contributed by atoms with Crippen molar-refractivity contribution < 1.29 is 0 Å². The summed E-state index contributed by atoms with van der Waals surface area (Å²) >= 11 is 0. The number of nitrogens with two attached hydrogens (primary N) is 1. The van der Waals surface area contributed by atoms with Crippen LogP contribution in [0.15, 0.2) is 6.07 Å². The van der Waals surface area contributed by atoms with Crippen molar-refractivity contribution in [3.8, 4) is 0 Å². The van der Waals surface area contributed by atoms with Gasteiger partial charge in [-0.2, -0.15) is 0 Å². The highest BCUT2D eigenvalue weighted by Crippen LogP contribution is 2.39. The number of hydrogen-bond acceptors (Lipinski definition) is 4. The Bertz CT molecular complexity index is 603. The van der Waals surface area contributed by atoms with Crippen LogP contribution in [0.5, 0.6) is 0 Å². The van der Waals surface area contributed by atoms with E-state index in [0.29, 0.717) is 5.78 Å². The summed E-state index contributed by atoms with van der Waals surface area (Å²) in [6, 6.07) is 2.22. The minimum atomic E-state index is -0.0822. The van der Waals surface area contributed by atoms with Gasteiger partial charge in [-0.1, -0.05) is 13.3 Å². The molecule has 1 saturated carbocycles. The lowest BCUT2D eigenvalue weighted by atomic mass is 9.84. The molecule has 5 nitrogen and oxygen atoms in total. The Morgan fingerprint density at radius 1 is 1.39 bits per heavy atom. The summed E-state index contributed by atoms with van der Waals surface area (Å²) in [6.07, 6.45) is 3.29. The van der Waals surface area contributed by atoms with Crippen molar-refractivity contribution in [2.24, 2.45) is 5.73 Å². The fourth-order valence-corrected chi connectivity index (χ4v) is 3.07. The van der Waals surface area contributed by atoms with Crippen LogP contribution >= 0.6 is 0 Å². The quantitative estimate of drug-likeness (QED) is 0.826. The Labute approximate surface area is 106 Å². The molecule has 2 aromatic heterocycles. The highest BCUT2D eigenvalue weighted by Gasteiger charge is 2.42. The van der Waals surface area contributed by atoms with E-state index in [0.717, 1.165) is 36.5 Å². The lowest BCUT2D eigenvalue weighted by molar-refractivity contribution is 0.399. The van der Waals surface area contributed by atoms with Gasteiger partial charge in [-0.25, -0.2) is 4.98 Å². The fraction of sp³-hybridized carbons (Fsp3) is 0.615. The number of hydrogen-bond donors (Lipinski definition) is 1. The molecular formula is C13H19N5. The predicted molar refractivity (Wildman–Crippen MR) is 69.4 cm³/mol. The third-order valence-corrected chi connectivity index (χ3v) is 4.23. The van der Waals surface area contributed by atoms with E-state index in [1.807, 2.05) is 6.92 Å². The number of aromatic nitrogens is 4. The number of aryl methyl sites for hydroxylation is 2. The van der Waals surface area contributed by atoms with Gasteiger partial charge < -0.3 is 5.73 Å². The van der Waals surface area contributed by atoms with Crippen LogP contribution in [0.4, 0.5) is 0 Å². The minimum Gasteiger partial charge on any atom is -0.327 e. The van der Waals surface area contributed by atoms with Crippen molar-refractivity contribution in [3.05, 3.63) is 23.3 Å². The zero-order valence-electron chi connectivity index (χ0n) is 11.1. The fourth-order valence-electron chi connectivity index (χ4n) is 3.07. The van der Waals surface area contributed by atoms with Gasteiger partial charge in [0.1, 0.15) is 5.82 Å². The molecule has 0 spiro atoms. The number of fused-ring (bicyclic) bond motifs is 1. The largest absolute Gasteiger partial charge is 0.327 e. The molecule has 2 heterocycles. The third kappa shape index (κ3) is 1.47. The lowest BCUT2D eigenvalue weighted by Gasteiger charge is -2.27. The van der Waals surface area contributed by atoms with Gasteiger partial charge in [0.15, 0.2) is 0 Å². The molecule has 18 heavy (non-hydrogen) atoms. The molecule has 2 atom stereocenters. The van der Waals surface area contributed by atoms with Crippen LogP contribution in [0.1, 0.15) is 43.4 Å². The summed E-state index contributed by atoms with van der Waals surface area (Å²) in [5, 5.41) is 8.58. The Balaban J connectivity index is 2.25. The SMILES string of the molecule is Cc1cc(C)n2c(C3(C)CCCC3N)nnc2n1. The van der Waals surface area contributed by atoms with Crippen LogP contribution in [-0.4, -0.2) is 25.6 Å². The van der Waals surface area contributed by atoms with Crippen molar-refractivity contribution in [1.29, 1.82) is 0 Å². The van der Waals surface area contributed by atoms with Crippen LogP contribution in [0.25, 0.3) is 5.78 Å². The van der Waals surface area contributed by atoms with E-state index in [4.69, 9.17) is 5.73 Å². The summed E-state index contributed by atoms with van der Waals surface area (Å²) in [5.74, 6) is 1.65. The van der Waals surface area contributed by atoms with E-state index in [2.05, 4.69) is 39.5 Å². The highest BCUT2D eigenvalue weighted by molar-refractivity contribution is 5.35. The van der Waals surface area contributed by atoms with Gasteiger partial charge in [0, 0.05) is 22.8 Å². The first-order chi connectivity index (χ1) is 8.52. The molecule has 96 valence electrons. The summed E-state index contributed by atoms with van der Waals surface area (Å²) in [6.45, 7) is 6.24. The van der Waals surface area contributed by atoms with Crippen molar-refractivity contribution >= 4 is 5.78 Å². The Morgan fingerprint density at radius 3 is 2.83 bits per heavy atom. The van der Waals surface area contributed by atoms with Gasteiger partial charge in [0.05, 0.1) is 0 Å². The first kappa shape index (κ1) is 11.6. The molecule has 0 amide bonds. The molecule has 2 N–H and O–H groups in total. The van der Waals surface area contributed by atoms with Crippen molar-refractivity contribution in [2.45, 2.75) is 51.5 Å². The normalized spacial score (nSPS) is 28.1. The summed E-state index contributed by atoms with van der Waals surface area (Å²) in [5.41, 5.74) is 8.29. The van der Waals surface area contributed by atoms with Crippen molar-refractivity contribution in [1.82, 2.24) is 19.6 Å². The highest BCUT2D eigenvalue weighted by atomic mass is 15.3. The molecule has 1 aliphatic rings.